The monoisotopic (exact) mass is 513 g/mol. The number of sulfone groups is 1. The van der Waals surface area contributed by atoms with Gasteiger partial charge in [0.25, 0.3) is 5.91 Å². The van der Waals surface area contributed by atoms with Crippen molar-refractivity contribution in [1.29, 1.82) is 0 Å². The second-order valence-corrected chi connectivity index (χ2v) is 12.0. The molecule has 34 heavy (non-hydrogen) atoms. The number of hydrogen-bond donors (Lipinski definition) is 3. The Morgan fingerprint density at radius 1 is 1.29 bits per heavy atom. The van der Waals surface area contributed by atoms with Crippen LogP contribution in [0.5, 0.6) is 0 Å². The molecular weight excluding hydrogens is 490 g/mol. The zero-order valence-corrected chi connectivity index (χ0v) is 20.0. The molecule has 1 aromatic heterocycles. The van der Waals surface area contributed by atoms with Crippen LogP contribution in [0.25, 0.3) is 0 Å². The molecule has 14 heteroatoms. The molecule has 1 aromatic rings. The second kappa shape index (κ2) is 9.05. The minimum Gasteiger partial charge on any atom is -0.318 e. The van der Waals surface area contributed by atoms with Gasteiger partial charge in [-0.3, -0.25) is 19.1 Å². The highest BCUT2D eigenvalue weighted by atomic mass is 32.3. The molecule has 3 N–H and O–H groups in total. The summed E-state index contributed by atoms with van der Waals surface area (Å²) in [6.07, 6.45) is 3.44. The molecule has 0 aromatic carbocycles. The number of aromatic nitrogens is 1. The summed E-state index contributed by atoms with van der Waals surface area (Å²) in [7, 11) is -8.40. The van der Waals surface area contributed by atoms with E-state index in [9.17, 15) is 26.4 Å². The third kappa shape index (κ3) is 5.60. The van der Waals surface area contributed by atoms with Crippen LogP contribution >= 0.6 is 0 Å². The van der Waals surface area contributed by atoms with Gasteiger partial charge in [0.15, 0.2) is 14.6 Å². The number of nitrogens with one attached hydrogen (secondary N) is 1. The van der Waals surface area contributed by atoms with Gasteiger partial charge in [0.05, 0.1) is 18.6 Å². The first kappa shape index (κ1) is 25.7. The highest BCUT2D eigenvalue weighted by Gasteiger charge is 2.44. The van der Waals surface area contributed by atoms with Crippen LogP contribution < -0.4 is 5.48 Å². The lowest BCUT2D eigenvalue weighted by molar-refractivity contribution is -0.131. The summed E-state index contributed by atoms with van der Waals surface area (Å²) in [4.78, 5) is 26.0. The minimum atomic E-state index is -4.53. The molecule has 0 saturated heterocycles. The van der Waals surface area contributed by atoms with Crippen molar-refractivity contribution < 1.29 is 40.4 Å². The number of carbonyl (C=O) groups excluding carboxylic acids is 2. The fourth-order valence-corrected chi connectivity index (χ4v) is 4.53. The van der Waals surface area contributed by atoms with Crippen LogP contribution in [0.2, 0.25) is 0 Å². The van der Waals surface area contributed by atoms with Crippen LogP contribution in [-0.4, -0.2) is 72.2 Å². The highest BCUT2D eigenvalue weighted by Crippen LogP contribution is 2.45. The largest absolute Gasteiger partial charge is 0.397 e. The van der Waals surface area contributed by atoms with Crippen LogP contribution in [0.1, 0.15) is 37.4 Å². The summed E-state index contributed by atoms with van der Waals surface area (Å²) >= 11 is 0. The van der Waals surface area contributed by atoms with Crippen LogP contribution in [0.4, 0.5) is 4.79 Å². The van der Waals surface area contributed by atoms with E-state index < -0.39 is 42.3 Å². The molecule has 0 spiro atoms. The lowest BCUT2D eigenvalue weighted by Crippen LogP contribution is -2.50. The van der Waals surface area contributed by atoms with E-state index in [1.165, 1.54) is 28.1 Å². The SMILES string of the molecule is C[C@@](CCN1Cc2cc(C#CC#CC3(COS(=O)(=O)O)CC3)cn2C1=O)(C(=O)NO)S(C)(=O)=O. The van der Waals surface area contributed by atoms with E-state index >= 15 is 0 Å². The number of amides is 2. The van der Waals surface area contributed by atoms with Gasteiger partial charge in [0.2, 0.25) is 0 Å². The molecule has 0 unspecified atom stereocenters. The Balaban J connectivity index is 1.63. The maximum absolute atomic E-state index is 12.7. The molecule has 3 rings (SSSR count). The maximum Gasteiger partial charge on any atom is 0.397 e. The van der Waals surface area contributed by atoms with Gasteiger partial charge in [0.1, 0.15) is 0 Å². The van der Waals surface area contributed by atoms with E-state index in [4.69, 9.17) is 9.76 Å². The standard InChI is InChI=1S/C20H23N3O9S2/c1-19(17(24)21-26,33(2,27)28)9-10-22-13-16-11-15(12-23(16)18(22)25)5-3-4-6-20(7-8-20)14-32-34(29,30)31/h11-12,26H,7-10,13-14H2,1-2H3,(H,21,24)(H,29,30,31)/t19-/m1/s1. The Kier molecular flexibility index (Phi) is 6.85. The number of hydroxylamine groups is 1. The van der Waals surface area contributed by atoms with Gasteiger partial charge in [-0.25, -0.2) is 22.9 Å². The first-order valence-corrected chi connectivity index (χ1v) is 13.3. The lowest BCUT2D eigenvalue weighted by atomic mass is 10.1. The van der Waals surface area contributed by atoms with Gasteiger partial charge < -0.3 is 4.90 Å². The Morgan fingerprint density at radius 3 is 2.50 bits per heavy atom. The summed E-state index contributed by atoms with van der Waals surface area (Å²) < 4.78 is 58.0. The number of fused-ring (bicyclic) bond motifs is 1. The van der Waals surface area contributed by atoms with Gasteiger partial charge in [-0.1, -0.05) is 11.8 Å². The molecule has 12 nitrogen and oxygen atoms in total. The van der Waals surface area contributed by atoms with Gasteiger partial charge in [-0.2, -0.15) is 8.42 Å². The summed E-state index contributed by atoms with van der Waals surface area (Å²) in [6, 6.07) is 1.27. The second-order valence-electron chi connectivity index (χ2n) is 8.46. The number of nitrogens with zero attached hydrogens (tertiary/aromatic N) is 2. The fraction of sp³-hybridized carbons (Fsp3) is 0.500. The van der Waals surface area contributed by atoms with Crippen molar-refractivity contribution in [2.24, 2.45) is 5.41 Å². The molecule has 0 bridgehead atoms. The molecular formula is C20H23N3O9S2. The van der Waals surface area contributed by atoms with Crippen molar-refractivity contribution in [2.75, 3.05) is 19.4 Å². The summed E-state index contributed by atoms with van der Waals surface area (Å²) in [6.45, 7) is 1.09. The number of hydrogen-bond acceptors (Lipinski definition) is 8. The van der Waals surface area contributed by atoms with Crippen molar-refractivity contribution >= 4 is 32.2 Å². The van der Waals surface area contributed by atoms with E-state index in [-0.39, 0.29) is 26.1 Å². The summed E-state index contributed by atoms with van der Waals surface area (Å²) in [5.41, 5.74) is 1.87. The van der Waals surface area contributed by atoms with E-state index in [0.717, 1.165) is 6.26 Å². The van der Waals surface area contributed by atoms with Crippen molar-refractivity contribution in [3.8, 4) is 23.7 Å². The topological polar surface area (TPSA) is 172 Å². The molecule has 1 atom stereocenters. The molecule has 0 radical (unpaired) electrons. The average molecular weight is 514 g/mol. The van der Waals surface area contributed by atoms with Gasteiger partial charge in [-0.05, 0) is 44.1 Å². The van der Waals surface area contributed by atoms with Gasteiger partial charge >= 0.3 is 16.4 Å². The summed E-state index contributed by atoms with van der Waals surface area (Å²) in [5, 5.41) is 8.90. The van der Waals surface area contributed by atoms with E-state index in [2.05, 4.69) is 27.9 Å². The van der Waals surface area contributed by atoms with Crippen molar-refractivity contribution in [3.05, 3.63) is 23.5 Å². The zero-order valence-electron chi connectivity index (χ0n) is 18.4. The third-order valence-electron chi connectivity index (χ3n) is 5.92. The first-order valence-electron chi connectivity index (χ1n) is 9.99. The van der Waals surface area contributed by atoms with Crippen LogP contribution in [-0.2, 0) is 35.8 Å². The third-order valence-corrected chi connectivity index (χ3v) is 8.36. The highest BCUT2D eigenvalue weighted by molar-refractivity contribution is 7.92. The Bertz CT molecular complexity index is 1350. The molecule has 1 fully saturated rings. The Morgan fingerprint density at radius 2 is 1.97 bits per heavy atom. The van der Waals surface area contributed by atoms with Crippen molar-refractivity contribution in [1.82, 2.24) is 14.9 Å². The lowest BCUT2D eigenvalue weighted by Gasteiger charge is -2.27. The first-order chi connectivity index (χ1) is 15.7. The quantitative estimate of drug-likeness (QED) is 0.186. The predicted molar refractivity (Wildman–Crippen MR) is 117 cm³/mol. The zero-order chi connectivity index (χ0) is 25.4. The molecule has 1 aliphatic carbocycles. The maximum atomic E-state index is 12.7. The normalized spacial score (nSPS) is 18.1. The Labute approximate surface area is 197 Å². The van der Waals surface area contributed by atoms with E-state index in [1.807, 2.05) is 0 Å². The number of carbonyl (C=O) groups is 2. The molecule has 184 valence electrons. The van der Waals surface area contributed by atoms with Gasteiger partial charge in [-0.15, -0.1) is 0 Å². The van der Waals surface area contributed by atoms with Crippen LogP contribution in [0.15, 0.2) is 12.3 Å². The van der Waals surface area contributed by atoms with Crippen LogP contribution in [0.3, 0.4) is 0 Å². The molecule has 2 amide bonds. The predicted octanol–water partition coefficient (Wildman–Crippen LogP) is -0.0749. The van der Waals surface area contributed by atoms with E-state index in [1.54, 1.807) is 6.07 Å². The van der Waals surface area contributed by atoms with Crippen LogP contribution in [0, 0.1) is 29.1 Å². The molecule has 1 saturated carbocycles. The van der Waals surface area contributed by atoms with Gasteiger partial charge in [0, 0.05) is 30.3 Å². The fourth-order valence-electron chi connectivity index (χ4n) is 3.31. The smallest absolute Gasteiger partial charge is 0.318 e. The van der Waals surface area contributed by atoms with E-state index in [0.29, 0.717) is 24.1 Å². The number of rotatable bonds is 8. The van der Waals surface area contributed by atoms with Crippen molar-refractivity contribution in [2.45, 2.75) is 37.5 Å². The Hall–Kier alpha value is -2.88. The average Bonchev–Trinajstić information content (AvgIpc) is 3.31. The molecule has 2 heterocycles. The van der Waals surface area contributed by atoms with Crippen molar-refractivity contribution in [3.63, 3.8) is 0 Å². The molecule has 2 aliphatic rings. The molecule has 1 aliphatic heterocycles. The minimum absolute atomic E-state index is 0.0301. The summed E-state index contributed by atoms with van der Waals surface area (Å²) in [5.74, 6) is 9.83.